The Morgan fingerprint density at radius 1 is 1.00 bits per heavy atom. The van der Waals surface area contributed by atoms with E-state index in [0.29, 0.717) is 21.7 Å². The Labute approximate surface area is 201 Å². The number of rotatable bonds is 6. The molecular formula is C23H16N6O3S2. The lowest BCUT2D eigenvalue weighted by Gasteiger charge is -2.06. The number of carboxylic acids is 1. The van der Waals surface area contributed by atoms with Gasteiger partial charge in [0.2, 0.25) is 10.3 Å². The van der Waals surface area contributed by atoms with Crippen molar-refractivity contribution in [3.63, 3.8) is 0 Å². The van der Waals surface area contributed by atoms with Crippen LogP contribution in [0.3, 0.4) is 0 Å². The van der Waals surface area contributed by atoms with Crippen molar-refractivity contribution in [2.45, 2.75) is 6.92 Å². The SMILES string of the molecule is Cc1csc(N/N=C2\C(=O)N(c3nc(-c4ccc(C(=O)O)cc4)cs3)N=C2c2ccccc2)n1. The number of aryl methyl sites for hydroxylation is 1. The fourth-order valence-corrected chi connectivity index (χ4v) is 4.61. The summed E-state index contributed by atoms with van der Waals surface area (Å²) in [5, 5.41) is 23.8. The fourth-order valence-electron chi connectivity index (χ4n) is 3.20. The number of carbonyl (C=O) groups is 2. The van der Waals surface area contributed by atoms with Crippen molar-refractivity contribution >= 4 is 56.2 Å². The molecule has 0 aliphatic carbocycles. The van der Waals surface area contributed by atoms with Crippen molar-refractivity contribution in [3.8, 4) is 11.3 Å². The Morgan fingerprint density at radius 3 is 2.44 bits per heavy atom. The first-order chi connectivity index (χ1) is 16.5. The van der Waals surface area contributed by atoms with Crippen LogP contribution >= 0.6 is 22.7 Å². The average Bonchev–Trinajstić information content (AvgIpc) is 3.57. The summed E-state index contributed by atoms with van der Waals surface area (Å²) < 4.78 is 0. The number of thiazole rings is 2. The Kier molecular flexibility index (Phi) is 5.70. The molecule has 1 aliphatic heterocycles. The first kappa shape index (κ1) is 21.6. The highest BCUT2D eigenvalue weighted by molar-refractivity contribution is 7.14. The van der Waals surface area contributed by atoms with Crippen LogP contribution < -0.4 is 10.4 Å². The molecule has 2 N–H and O–H groups in total. The van der Waals surface area contributed by atoms with E-state index in [1.54, 1.807) is 17.5 Å². The van der Waals surface area contributed by atoms with Crippen LogP contribution in [-0.2, 0) is 4.79 Å². The monoisotopic (exact) mass is 488 g/mol. The number of aromatic nitrogens is 2. The highest BCUT2D eigenvalue weighted by atomic mass is 32.1. The van der Waals surface area contributed by atoms with E-state index >= 15 is 0 Å². The summed E-state index contributed by atoms with van der Waals surface area (Å²) >= 11 is 2.65. The summed E-state index contributed by atoms with van der Waals surface area (Å²) in [6.07, 6.45) is 0. The van der Waals surface area contributed by atoms with Crippen LogP contribution in [0.15, 0.2) is 75.6 Å². The van der Waals surface area contributed by atoms with Crippen molar-refractivity contribution in [2.75, 3.05) is 10.4 Å². The minimum absolute atomic E-state index is 0.154. The summed E-state index contributed by atoms with van der Waals surface area (Å²) in [7, 11) is 0. The van der Waals surface area contributed by atoms with Crippen LogP contribution in [0.25, 0.3) is 11.3 Å². The largest absolute Gasteiger partial charge is 0.478 e. The van der Waals surface area contributed by atoms with Gasteiger partial charge in [0.15, 0.2) is 5.71 Å². The van der Waals surface area contributed by atoms with Crippen LogP contribution in [0.4, 0.5) is 10.3 Å². The zero-order valence-corrected chi connectivity index (χ0v) is 19.3. The second kappa shape index (κ2) is 8.96. The summed E-state index contributed by atoms with van der Waals surface area (Å²) in [5.74, 6) is -1.41. The van der Waals surface area contributed by atoms with Crippen LogP contribution in [-0.4, -0.2) is 38.4 Å². The van der Waals surface area contributed by atoms with Gasteiger partial charge in [0.1, 0.15) is 5.71 Å². The topological polar surface area (TPSA) is 120 Å². The molecule has 2 aromatic heterocycles. The first-order valence-corrected chi connectivity index (χ1v) is 11.8. The molecule has 168 valence electrons. The van der Waals surface area contributed by atoms with Gasteiger partial charge < -0.3 is 5.11 Å². The molecule has 5 rings (SSSR count). The van der Waals surface area contributed by atoms with Gasteiger partial charge in [-0.1, -0.05) is 42.5 Å². The van der Waals surface area contributed by atoms with E-state index in [1.165, 1.54) is 39.8 Å². The molecule has 11 heteroatoms. The van der Waals surface area contributed by atoms with E-state index in [0.717, 1.165) is 16.8 Å². The number of hydrogen-bond acceptors (Lipinski definition) is 9. The second-order valence-electron chi connectivity index (χ2n) is 7.20. The maximum Gasteiger partial charge on any atom is 0.335 e. The molecule has 1 amide bonds. The third-order valence-corrected chi connectivity index (χ3v) is 6.53. The van der Waals surface area contributed by atoms with Gasteiger partial charge in [-0.05, 0) is 19.1 Å². The van der Waals surface area contributed by atoms with E-state index in [-0.39, 0.29) is 11.3 Å². The molecule has 0 atom stereocenters. The number of carbonyl (C=O) groups excluding carboxylic acids is 1. The number of benzene rings is 2. The Hall–Kier alpha value is -4.22. The highest BCUT2D eigenvalue weighted by Gasteiger charge is 2.35. The Morgan fingerprint density at radius 2 is 1.76 bits per heavy atom. The molecule has 4 aromatic rings. The number of amides is 1. The number of anilines is 2. The number of nitrogens with zero attached hydrogens (tertiary/aromatic N) is 5. The molecular weight excluding hydrogens is 472 g/mol. The Balaban J connectivity index is 1.47. The molecule has 1 aliphatic rings. The number of carboxylic acid groups (broad SMARTS) is 1. The molecule has 0 saturated carbocycles. The molecule has 0 fully saturated rings. The van der Waals surface area contributed by atoms with Crippen LogP contribution in [0.5, 0.6) is 0 Å². The third kappa shape index (κ3) is 4.21. The standard InChI is InChI=1S/C23H16N6O3S2/c1-13-11-33-22(24-13)27-26-19-18(15-5-3-2-4-6-15)28-29(20(19)30)23-25-17(12-34-23)14-7-9-16(10-8-14)21(31)32/h2-12H,1H3,(H,24,27)(H,31,32)/b26-19-. The van der Waals surface area contributed by atoms with Gasteiger partial charge in [-0.2, -0.15) is 15.2 Å². The normalized spacial score (nSPS) is 14.5. The number of hydrogen-bond donors (Lipinski definition) is 2. The number of aromatic carboxylic acids is 1. The maximum absolute atomic E-state index is 13.3. The summed E-state index contributed by atoms with van der Waals surface area (Å²) in [5.41, 5.74) is 6.58. The van der Waals surface area contributed by atoms with E-state index in [1.807, 2.05) is 42.6 Å². The third-order valence-electron chi connectivity index (χ3n) is 4.85. The molecule has 0 radical (unpaired) electrons. The zero-order chi connectivity index (χ0) is 23.7. The lowest BCUT2D eigenvalue weighted by atomic mass is 10.1. The first-order valence-electron chi connectivity index (χ1n) is 10.0. The fraction of sp³-hybridized carbons (Fsp3) is 0.0435. The minimum Gasteiger partial charge on any atom is -0.478 e. The van der Waals surface area contributed by atoms with E-state index < -0.39 is 11.9 Å². The van der Waals surface area contributed by atoms with Crippen molar-refractivity contribution in [1.29, 1.82) is 0 Å². The molecule has 0 bridgehead atoms. The smallest absolute Gasteiger partial charge is 0.335 e. The summed E-state index contributed by atoms with van der Waals surface area (Å²) in [4.78, 5) is 33.3. The minimum atomic E-state index is -0.996. The lowest BCUT2D eigenvalue weighted by Crippen LogP contribution is -2.28. The maximum atomic E-state index is 13.3. The van der Waals surface area contributed by atoms with Crippen LogP contribution in [0, 0.1) is 6.92 Å². The van der Waals surface area contributed by atoms with E-state index in [4.69, 9.17) is 5.11 Å². The van der Waals surface area contributed by atoms with Crippen LogP contribution in [0.2, 0.25) is 0 Å². The molecule has 34 heavy (non-hydrogen) atoms. The van der Waals surface area contributed by atoms with Gasteiger partial charge in [-0.25, -0.2) is 14.8 Å². The van der Waals surface area contributed by atoms with Gasteiger partial charge in [-0.3, -0.25) is 10.2 Å². The van der Waals surface area contributed by atoms with Gasteiger partial charge in [-0.15, -0.1) is 22.7 Å². The summed E-state index contributed by atoms with van der Waals surface area (Å²) in [6, 6.07) is 15.7. The van der Waals surface area contributed by atoms with Gasteiger partial charge in [0.05, 0.1) is 17.0 Å². The lowest BCUT2D eigenvalue weighted by molar-refractivity contribution is -0.112. The predicted molar refractivity (Wildman–Crippen MR) is 133 cm³/mol. The number of nitrogens with one attached hydrogen (secondary N) is 1. The average molecular weight is 489 g/mol. The number of hydrazone groups is 2. The van der Waals surface area contributed by atoms with Gasteiger partial charge in [0.25, 0.3) is 0 Å². The summed E-state index contributed by atoms with van der Waals surface area (Å²) in [6.45, 7) is 1.88. The predicted octanol–water partition coefficient (Wildman–Crippen LogP) is 4.49. The molecule has 0 spiro atoms. The molecule has 0 saturated heterocycles. The van der Waals surface area contributed by atoms with Gasteiger partial charge >= 0.3 is 11.9 Å². The molecule has 0 unspecified atom stereocenters. The highest BCUT2D eigenvalue weighted by Crippen LogP contribution is 2.30. The Bertz CT molecular complexity index is 1440. The molecule has 9 nitrogen and oxygen atoms in total. The van der Waals surface area contributed by atoms with Crippen LogP contribution in [0.1, 0.15) is 21.6 Å². The van der Waals surface area contributed by atoms with Crippen molar-refractivity contribution in [2.24, 2.45) is 10.2 Å². The van der Waals surface area contributed by atoms with Crippen molar-refractivity contribution in [3.05, 3.63) is 82.2 Å². The van der Waals surface area contributed by atoms with E-state index in [2.05, 4.69) is 25.6 Å². The van der Waals surface area contributed by atoms with E-state index in [9.17, 15) is 9.59 Å². The quantitative estimate of drug-likeness (QED) is 0.386. The van der Waals surface area contributed by atoms with Gasteiger partial charge in [0, 0.05) is 21.9 Å². The van der Waals surface area contributed by atoms with Crippen molar-refractivity contribution < 1.29 is 14.7 Å². The second-order valence-corrected chi connectivity index (χ2v) is 8.89. The zero-order valence-electron chi connectivity index (χ0n) is 17.7. The van der Waals surface area contributed by atoms with Crippen molar-refractivity contribution in [1.82, 2.24) is 9.97 Å². The molecule has 2 aromatic carbocycles. The molecule has 3 heterocycles.